The number of carbonyl (C=O) groups excluding carboxylic acids is 1. The van der Waals surface area contributed by atoms with Gasteiger partial charge in [0.2, 0.25) is 15.3 Å². The van der Waals surface area contributed by atoms with Crippen molar-refractivity contribution in [2.24, 2.45) is 0 Å². The van der Waals surface area contributed by atoms with Gasteiger partial charge in [0.1, 0.15) is 5.56 Å². The Morgan fingerprint density at radius 3 is 2.65 bits per heavy atom. The molecule has 0 bridgehead atoms. The average molecular weight is 333 g/mol. The maximum atomic E-state index is 12.8. The Morgan fingerprint density at radius 2 is 2.00 bits per heavy atom. The summed E-state index contributed by atoms with van der Waals surface area (Å²) in [5, 5.41) is 1.11. The van der Waals surface area contributed by atoms with Crippen LogP contribution in [0.25, 0.3) is 17.0 Å². The molecule has 0 unspecified atom stereocenters. The molecule has 0 saturated heterocycles. The quantitative estimate of drug-likeness (QED) is 0.802. The Hall–Kier alpha value is -2.41. The number of esters is 1. The highest BCUT2D eigenvalue weighted by Gasteiger charge is 2.28. The molecular formula is C16H15NO5S. The lowest BCUT2D eigenvalue weighted by atomic mass is 10.1. The number of carbonyl (C=O) groups is 1. The summed E-state index contributed by atoms with van der Waals surface area (Å²) in [6.07, 6.45) is 2.88. The van der Waals surface area contributed by atoms with E-state index in [1.807, 2.05) is 6.92 Å². The number of pyridine rings is 1. The number of aromatic nitrogens is 1. The van der Waals surface area contributed by atoms with Crippen molar-refractivity contribution >= 4 is 32.8 Å². The fraction of sp³-hybridized carbons (Fsp3) is 0.250. The third-order valence-electron chi connectivity index (χ3n) is 3.78. The lowest BCUT2D eigenvalue weighted by Crippen LogP contribution is -2.22. The third kappa shape index (κ3) is 2.28. The van der Waals surface area contributed by atoms with Crippen molar-refractivity contribution in [1.29, 1.82) is 0 Å². The van der Waals surface area contributed by atoms with E-state index in [1.54, 1.807) is 23.6 Å². The van der Waals surface area contributed by atoms with Gasteiger partial charge in [-0.05, 0) is 31.6 Å². The Morgan fingerprint density at radius 1 is 1.26 bits per heavy atom. The van der Waals surface area contributed by atoms with Crippen LogP contribution in [0, 0.1) is 0 Å². The molecule has 0 spiro atoms. The Bertz CT molecular complexity index is 1010. The van der Waals surface area contributed by atoms with Crippen LogP contribution in [-0.4, -0.2) is 25.6 Å². The number of ether oxygens (including phenoxy) is 1. The van der Waals surface area contributed by atoms with Crippen LogP contribution >= 0.6 is 0 Å². The minimum atomic E-state index is -3.68. The summed E-state index contributed by atoms with van der Waals surface area (Å²) in [7, 11) is -3.68. The predicted octanol–water partition coefficient (Wildman–Crippen LogP) is 1.96. The summed E-state index contributed by atoms with van der Waals surface area (Å²) in [4.78, 5) is 24.8. The van der Waals surface area contributed by atoms with Crippen LogP contribution in [0.3, 0.4) is 0 Å². The van der Waals surface area contributed by atoms with Crippen LogP contribution in [0.5, 0.6) is 0 Å². The number of rotatable bonds is 3. The molecule has 1 aromatic carbocycles. The molecule has 0 saturated carbocycles. The van der Waals surface area contributed by atoms with E-state index in [2.05, 4.69) is 0 Å². The van der Waals surface area contributed by atoms with E-state index in [9.17, 15) is 18.0 Å². The molecule has 0 fully saturated rings. The molecule has 6 nitrogen and oxygen atoms in total. The number of nitrogens with zero attached hydrogens (tertiary/aromatic N) is 1. The first-order valence-electron chi connectivity index (χ1n) is 7.21. The van der Waals surface area contributed by atoms with Crippen molar-refractivity contribution in [3.63, 3.8) is 0 Å². The third-order valence-corrected chi connectivity index (χ3v) is 5.28. The van der Waals surface area contributed by atoms with Crippen LogP contribution in [0.4, 0.5) is 0 Å². The fourth-order valence-electron chi connectivity index (χ4n) is 2.75. The minimum absolute atomic E-state index is 0.0339. The summed E-state index contributed by atoms with van der Waals surface area (Å²) < 4.78 is 31.1. The fourth-order valence-corrected chi connectivity index (χ4v) is 4.16. The van der Waals surface area contributed by atoms with E-state index < -0.39 is 21.2 Å². The van der Waals surface area contributed by atoms with Crippen LogP contribution in [0.2, 0.25) is 0 Å². The van der Waals surface area contributed by atoms with Gasteiger partial charge in [-0.15, -0.1) is 0 Å². The van der Waals surface area contributed by atoms with E-state index in [4.69, 9.17) is 4.74 Å². The Labute approximate surface area is 132 Å². The van der Waals surface area contributed by atoms with E-state index in [1.165, 1.54) is 12.3 Å². The van der Waals surface area contributed by atoms with Crippen LogP contribution in [0.1, 0.15) is 29.8 Å². The topological polar surface area (TPSA) is 82.4 Å². The number of fused-ring (bicyclic) bond motifs is 3. The summed E-state index contributed by atoms with van der Waals surface area (Å²) in [6, 6.07) is 3.35. The Kier molecular flexibility index (Phi) is 3.60. The highest BCUT2D eigenvalue weighted by atomic mass is 32.2. The molecule has 0 aliphatic carbocycles. The largest absolute Gasteiger partial charge is 0.462 e. The molecule has 2 aromatic rings. The molecular weight excluding hydrogens is 318 g/mol. The number of aryl methyl sites for hydroxylation is 1. The van der Waals surface area contributed by atoms with Gasteiger partial charge in [-0.2, -0.15) is 0 Å². The normalized spacial score (nSPS) is 14.9. The zero-order chi connectivity index (χ0) is 16.8. The standard InChI is InChI=1S/C16H15NO5S/c1-3-17-9-11(16(19)22-4-2)14(18)13-12(17)6-5-10-7-8-23(20,21)15(10)13/h5-9H,3-4H2,1-2H3. The van der Waals surface area contributed by atoms with Gasteiger partial charge < -0.3 is 9.30 Å². The van der Waals surface area contributed by atoms with E-state index >= 15 is 0 Å². The first-order chi connectivity index (χ1) is 10.9. The van der Waals surface area contributed by atoms with Crippen LogP contribution < -0.4 is 5.43 Å². The number of benzene rings is 1. The smallest absolute Gasteiger partial charge is 0.343 e. The molecule has 1 aliphatic heterocycles. The van der Waals surface area contributed by atoms with E-state index in [0.29, 0.717) is 17.6 Å². The second-order valence-corrected chi connectivity index (χ2v) is 6.87. The van der Waals surface area contributed by atoms with Gasteiger partial charge in [0, 0.05) is 18.1 Å². The zero-order valence-electron chi connectivity index (χ0n) is 12.7. The predicted molar refractivity (Wildman–Crippen MR) is 86.1 cm³/mol. The zero-order valence-corrected chi connectivity index (χ0v) is 13.5. The first kappa shape index (κ1) is 15.5. The van der Waals surface area contributed by atoms with Gasteiger partial charge in [0.15, 0.2) is 0 Å². The molecule has 7 heteroatoms. The monoisotopic (exact) mass is 333 g/mol. The molecule has 2 heterocycles. The molecule has 120 valence electrons. The maximum absolute atomic E-state index is 12.8. The molecule has 0 atom stereocenters. The molecule has 0 N–H and O–H groups in total. The van der Waals surface area contributed by atoms with E-state index in [0.717, 1.165) is 5.41 Å². The lowest BCUT2D eigenvalue weighted by Gasteiger charge is -2.13. The van der Waals surface area contributed by atoms with Crippen molar-refractivity contribution in [1.82, 2.24) is 4.57 Å². The number of sulfone groups is 1. The van der Waals surface area contributed by atoms with Crippen LogP contribution in [-0.2, 0) is 21.1 Å². The second-order valence-electron chi connectivity index (χ2n) is 5.10. The SMILES string of the molecule is CCOC(=O)c1cn(CC)c2ccc3c(c2c1=O)S(=O)(=O)C=C3. The Balaban J connectivity index is 2.48. The summed E-state index contributed by atoms with van der Waals surface area (Å²) in [5.74, 6) is -0.748. The molecule has 3 rings (SSSR count). The molecule has 0 amide bonds. The summed E-state index contributed by atoms with van der Waals surface area (Å²) >= 11 is 0. The molecule has 0 radical (unpaired) electrons. The highest BCUT2D eigenvalue weighted by Crippen LogP contribution is 2.32. The second kappa shape index (κ2) is 5.34. The van der Waals surface area contributed by atoms with Gasteiger partial charge in [-0.1, -0.05) is 6.07 Å². The van der Waals surface area contributed by atoms with Crippen molar-refractivity contribution in [2.75, 3.05) is 6.61 Å². The van der Waals surface area contributed by atoms with Crippen molar-refractivity contribution in [3.8, 4) is 0 Å². The number of hydrogen-bond donors (Lipinski definition) is 0. The maximum Gasteiger partial charge on any atom is 0.343 e. The molecule has 1 aromatic heterocycles. The van der Waals surface area contributed by atoms with Crippen molar-refractivity contribution in [3.05, 3.63) is 45.1 Å². The summed E-state index contributed by atoms with van der Waals surface area (Å²) in [6.45, 7) is 4.10. The van der Waals surface area contributed by atoms with Crippen molar-refractivity contribution in [2.45, 2.75) is 25.3 Å². The van der Waals surface area contributed by atoms with Gasteiger partial charge in [0.25, 0.3) is 0 Å². The van der Waals surface area contributed by atoms with Gasteiger partial charge in [-0.3, -0.25) is 4.79 Å². The van der Waals surface area contributed by atoms with Gasteiger partial charge in [-0.25, -0.2) is 13.2 Å². The average Bonchev–Trinajstić information content (AvgIpc) is 2.83. The number of hydrogen-bond acceptors (Lipinski definition) is 5. The highest BCUT2D eigenvalue weighted by molar-refractivity contribution is 7.95. The molecule has 1 aliphatic rings. The summed E-state index contributed by atoms with van der Waals surface area (Å²) in [5.41, 5.74) is 0.166. The van der Waals surface area contributed by atoms with E-state index in [-0.39, 0.29) is 22.5 Å². The van der Waals surface area contributed by atoms with Gasteiger partial charge in [0.05, 0.1) is 22.4 Å². The first-order valence-corrected chi connectivity index (χ1v) is 8.75. The van der Waals surface area contributed by atoms with Gasteiger partial charge >= 0.3 is 5.97 Å². The lowest BCUT2D eigenvalue weighted by molar-refractivity contribution is 0.0524. The molecule has 23 heavy (non-hydrogen) atoms. The minimum Gasteiger partial charge on any atom is -0.462 e. The van der Waals surface area contributed by atoms with Crippen LogP contribution in [0.15, 0.2) is 33.4 Å². The van der Waals surface area contributed by atoms with Crippen molar-refractivity contribution < 1.29 is 17.9 Å².